The third kappa shape index (κ3) is 3.74. The average molecular weight is 403 g/mol. The van der Waals surface area contributed by atoms with E-state index in [0.717, 1.165) is 4.90 Å². The molecule has 0 spiro atoms. The number of hydrogen-bond donors (Lipinski definition) is 0. The fourth-order valence-electron chi connectivity index (χ4n) is 2.71. The van der Waals surface area contributed by atoms with E-state index in [4.69, 9.17) is 11.6 Å². The standard InChI is InChI=1S/C19H15ClN2O4S/c1-11(2)21-18(23)16(12-3-7-14(8-4-12)22(25)26)17(19(21)24)27-15-9-5-13(20)6-10-15/h3-11H,1-2H3. The fraction of sp³-hybridized carbons (Fsp3) is 0.158. The summed E-state index contributed by atoms with van der Waals surface area (Å²) in [7, 11) is 0. The minimum absolute atomic E-state index is 0.0799. The smallest absolute Gasteiger partial charge is 0.269 e. The number of amides is 2. The van der Waals surface area contributed by atoms with Gasteiger partial charge in [0.2, 0.25) is 0 Å². The molecule has 0 fully saturated rings. The van der Waals surface area contributed by atoms with Crippen molar-refractivity contribution in [1.82, 2.24) is 4.90 Å². The molecule has 0 aromatic heterocycles. The SMILES string of the molecule is CC(C)N1C(=O)C(Sc2ccc(Cl)cc2)=C(c2ccc([N+](=O)[O-])cc2)C1=O. The van der Waals surface area contributed by atoms with Crippen molar-refractivity contribution in [3.8, 4) is 0 Å². The molecule has 0 N–H and O–H groups in total. The van der Waals surface area contributed by atoms with Gasteiger partial charge < -0.3 is 0 Å². The fourth-order valence-corrected chi connectivity index (χ4v) is 3.84. The maximum atomic E-state index is 12.9. The van der Waals surface area contributed by atoms with E-state index >= 15 is 0 Å². The Labute approximate surface area is 165 Å². The first-order valence-corrected chi connectivity index (χ1v) is 9.29. The third-order valence-corrected chi connectivity index (χ3v) is 5.33. The number of nitrogens with zero attached hydrogens (tertiary/aromatic N) is 2. The lowest BCUT2D eigenvalue weighted by Crippen LogP contribution is -2.37. The molecule has 0 atom stereocenters. The molecular formula is C19H15ClN2O4S. The van der Waals surface area contributed by atoms with Crippen LogP contribution >= 0.6 is 23.4 Å². The number of carbonyl (C=O) groups excluding carboxylic acids is 2. The lowest BCUT2D eigenvalue weighted by atomic mass is 10.1. The normalized spacial score (nSPS) is 14.4. The van der Waals surface area contributed by atoms with E-state index in [2.05, 4.69) is 0 Å². The van der Waals surface area contributed by atoms with Crippen LogP contribution in [0.3, 0.4) is 0 Å². The third-order valence-electron chi connectivity index (χ3n) is 3.99. The van der Waals surface area contributed by atoms with E-state index < -0.39 is 10.8 Å². The molecule has 0 unspecified atom stereocenters. The van der Waals surface area contributed by atoms with Gasteiger partial charge in [-0.3, -0.25) is 24.6 Å². The molecule has 0 saturated carbocycles. The van der Waals surface area contributed by atoms with Crippen molar-refractivity contribution in [2.75, 3.05) is 0 Å². The van der Waals surface area contributed by atoms with Crippen LogP contribution in [0.4, 0.5) is 5.69 Å². The van der Waals surface area contributed by atoms with Crippen LogP contribution in [0.5, 0.6) is 0 Å². The Kier molecular flexibility index (Phi) is 5.34. The first-order chi connectivity index (χ1) is 12.8. The van der Waals surface area contributed by atoms with Crippen molar-refractivity contribution < 1.29 is 14.5 Å². The van der Waals surface area contributed by atoms with Gasteiger partial charge in [-0.15, -0.1) is 0 Å². The number of imide groups is 1. The predicted octanol–water partition coefficient (Wildman–Crippen LogP) is 4.53. The molecule has 0 bridgehead atoms. The van der Waals surface area contributed by atoms with Gasteiger partial charge in [-0.2, -0.15) is 0 Å². The summed E-state index contributed by atoms with van der Waals surface area (Å²) in [6.45, 7) is 3.53. The number of rotatable bonds is 5. The molecule has 1 aliphatic rings. The zero-order chi connectivity index (χ0) is 19.7. The molecule has 27 heavy (non-hydrogen) atoms. The zero-order valence-corrected chi connectivity index (χ0v) is 16.1. The summed E-state index contributed by atoms with van der Waals surface area (Å²) in [5.74, 6) is -0.774. The van der Waals surface area contributed by atoms with Crippen LogP contribution in [0.1, 0.15) is 19.4 Å². The average Bonchev–Trinajstić information content (AvgIpc) is 2.87. The second-order valence-electron chi connectivity index (χ2n) is 6.14. The number of nitro benzene ring substituents is 1. The highest BCUT2D eigenvalue weighted by molar-refractivity contribution is 8.04. The number of carbonyl (C=O) groups is 2. The Bertz CT molecular complexity index is 953. The van der Waals surface area contributed by atoms with E-state index in [-0.39, 0.29) is 23.2 Å². The number of thioether (sulfide) groups is 1. The number of non-ortho nitro benzene ring substituents is 1. The van der Waals surface area contributed by atoms with Crippen LogP contribution in [0.25, 0.3) is 5.57 Å². The molecule has 3 rings (SSSR count). The molecule has 2 aromatic rings. The maximum Gasteiger partial charge on any atom is 0.269 e. The summed E-state index contributed by atoms with van der Waals surface area (Å²) in [6, 6.07) is 12.3. The van der Waals surface area contributed by atoms with E-state index in [1.807, 2.05) is 0 Å². The molecule has 0 saturated heterocycles. The van der Waals surface area contributed by atoms with Crippen molar-refractivity contribution in [3.63, 3.8) is 0 Å². The van der Waals surface area contributed by atoms with Crippen molar-refractivity contribution in [2.45, 2.75) is 24.8 Å². The molecule has 2 amide bonds. The Balaban J connectivity index is 2.08. The summed E-state index contributed by atoms with van der Waals surface area (Å²) < 4.78 is 0. The van der Waals surface area contributed by atoms with Gasteiger partial charge in [0, 0.05) is 28.1 Å². The van der Waals surface area contributed by atoms with Gasteiger partial charge in [-0.25, -0.2) is 0 Å². The minimum atomic E-state index is -0.510. The van der Waals surface area contributed by atoms with E-state index in [9.17, 15) is 19.7 Å². The van der Waals surface area contributed by atoms with Gasteiger partial charge in [0.1, 0.15) is 0 Å². The van der Waals surface area contributed by atoms with Gasteiger partial charge in [-0.1, -0.05) is 23.4 Å². The van der Waals surface area contributed by atoms with Crippen LogP contribution in [0.15, 0.2) is 58.3 Å². The Morgan fingerprint density at radius 1 is 1.00 bits per heavy atom. The van der Waals surface area contributed by atoms with E-state index in [1.54, 1.807) is 38.1 Å². The van der Waals surface area contributed by atoms with Gasteiger partial charge in [-0.05, 0) is 55.8 Å². The van der Waals surface area contributed by atoms with E-state index in [1.165, 1.54) is 40.9 Å². The lowest BCUT2D eigenvalue weighted by Gasteiger charge is -2.19. The Morgan fingerprint density at radius 2 is 1.59 bits per heavy atom. The molecular weight excluding hydrogens is 388 g/mol. The first kappa shape index (κ1) is 19.1. The highest BCUT2D eigenvalue weighted by Crippen LogP contribution is 2.40. The quantitative estimate of drug-likeness (QED) is 0.417. The zero-order valence-electron chi connectivity index (χ0n) is 14.5. The summed E-state index contributed by atoms with van der Waals surface area (Å²) >= 11 is 7.09. The molecule has 1 aliphatic heterocycles. The minimum Gasteiger partial charge on any atom is -0.271 e. The van der Waals surface area contributed by atoms with Crippen LogP contribution < -0.4 is 0 Å². The lowest BCUT2D eigenvalue weighted by molar-refractivity contribution is -0.384. The van der Waals surface area contributed by atoms with Gasteiger partial charge in [0.25, 0.3) is 17.5 Å². The van der Waals surface area contributed by atoms with Crippen LogP contribution in [-0.2, 0) is 9.59 Å². The molecule has 6 nitrogen and oxygen atoms in total. The van der Waals surface area contributed by atoms with Crippen LogP contribution in [0, 0.1) is 10.1 Å². The van der Waals surface area contributed by atoms with Crippen LogP contribution in [0.2, 0.25) is 5.02 Å². The number of hydrogen-bond acceptors (Lipinski definition) is 5. The highest BCUT2D eigenvalue weighted by Gasteiger charge is 2.40. The monoisotopic (exact) mass is 402 g/mol. The number of benzene rings is 2. The summed E-state index contributed by atoms with van der Waals surface area (Å²) in [5, 5.41) is 11.4. The molecule has 138 valence electrons. The largest absolute Gasteiger partial charge is 0.271 e. The second-order valence-corrected chi connectivity index (χ2v) is 7.66. The van der Waals surface area contributed by atoms with Crippen molar-refractivity contribution in [1.29, 1.82) is 0 Å². The predicted molar refractivity (Wildman–Crippen MR) is 104 cm³/mol. The molecule has 8 heteroatoms. The summed E-state index contributed by atoms with van der Waals surface area (Å²) in [6.07, 6.45) is 0. The van der Waals surface area contributed by atoms with Crippen molar-refractivity contribution in [3.05, 3.63) is 74.1 Å². The Hall–Kier alpha value is -2.64. The van der Waals surface area contributed by atoms with Crippen molar-refractivity contribution >= 4 is 46.4 Å². The maximum absolute atomic E-state index is 12.9. The van der Waals surface area contributed by atoms with Gasteiger partial charge >= 0.3 is 0 Å². The summed E-state index contributed by atoms with van der Waals surface area (Å²) in [4.78, 5) is 38.4. The second kappa shape index (κ2) is 7.54. The van der Waals surface area contributed by atoms with Gasteiger partial charge in [0.15, 0.2) is 0 Å². The van der Waals surface area contributed by atoms with Crippen LogP contribution in [-0.4, -0.2) is 27.7 Å². The van der Waals surface area contributed by atoms with Crippen molar-refractivity contribution in [2.24, 2.45) is 0 Å². The topological polar surface area (TPSA) is 80.5 Å². The number of halogens is 1. The Morgan fingerprint density at radius 3 is 2.11 bits per heavy atom. The number of nitro groups is 1. The molecule has 0 aliphatic carbocycles. The van der Waals surface area contributed by atoms with E-state index in [0.29, 0.717) is 15.5 Å². The highest BCUT2D eigenvalue weighted by atomic mass is 35.5. The van der Waals surface area contributed by atoms with Gasteiger partial charge in [0.05, 0.1) is 15.4 Å². The molecule has 2 aromatic carbocycles. The molecule has 1 heterocycles. The summed E-state index contributed by atoms with van der Waals surface area (Å²) in [5.41, 5.74) is 0.644. The first-order valence-electron chi connectivity index (χ1n) is 8.10. The molecule has 0 radical (unpaired) electrons.